The largest absolute Gasteiger partial charge is 0.453 e. The van der Waals surface area contributed by atoms with E-state index in [0.29, 0.717) is 30.8 Å². The highest BCUT2D eigenvalue weighted by molar-refractivity contribution is 9.10. The van der Waals surface area contributed by atoms with Crippen molar-refractivity contribution in [3.05, 3.63) is 22.7 Å². The van der Waals surface area contributed by atoms with E-state index >= 15 is 0 Å². The molecule has 0 saturated carbocycles. The van der Waals surface area contributed by atoms with Crippen molar-refractivity contribution in [1.82, 2.24) is 10.3 Å². The fourth-order valence-electron chi connectivity index (χ4n) is 2.35. The normalized spacial score (nSPS) is 12.2. The molecule has 0 fully saturated rings. The van der Waals surface area contributed by atoms with E-state index in [-0.39, 0.29) is 18.9 Å². The number of hydrogen-bond acceptors (Lipinski definition) is 6. The summed E-state index contributed by atoms with van der Waals surface area (Å²) in [7, 11) is 0. The standard InChI is InChI=1S/C17H19BrF3N3O4S/c18-10-6-7-11-12(9-10)29-15(23-11)24-13(25)5-3-1-2-4-8-22-14(26)16(27,28)17(19,20)21/h6-7,9,27-28H,1-5,8H2,(H,22,26)(H,23,24,25). The van der Waals surface area contributed by atoms with Crippen molar-refractivity contribution in [1.29, 1.82) is 0 Å². The number of nitrogens with one attached hydrogen (secondary N) is 2. The molecule has 0 spiro atoms. The van der Waals surface area contributed by atoms with Crippen LogP contribution in [0, 0.1) is 0 Å². The molecule has 1 heterocycles. The predicted molar refractivity (Wildman–Crippen MR) is 105 cm³/mol. The van der Waals surface area contributed by atoms with Crippen LogP contribution in [-0.4, -0.2) is 45.5 Å². The SMILES string of the molecule is O=C(CCCCCCNC(=O)C(O)(O)C(F)(F)F)Nc1nc2ccc(Br)cc2s1. The van der Waals surface area contributed by atoms with Gasteiger partial charge < -0.3 is 20.8 Å². The summed E-state index contributed by atoms with van der Waals surface area (Å²) in [5.41, 5.74) is 0.788. The van der Waals surface area contributed by atoms with Crippen molar-refractivity contribution in [2.75, 3.05) is 11.9 Å². The molecule has 4 N–H and O–H groups in total. The number of unbranched alkanes of at least 4 members (excludes halogenated alkanes) is 3. The molecule has 0 aliphatic rings. The Labute approximate surface area is 176 Å². The summed E-state index contributed by atoms with van der Waals surface area (Å²) in [6.45, 7) is -0.134. The molecule has 29 heavy (non-hydrogen) atoms. The Morgan fingerprint density at radius 3 is 2.52 bits per heavy atom. The molecule has 7 nitrogen and oxygen atoms in total. The minimum absolute atomic E-state index is 0.134. The highest BCUT2D eigenvalue weighted by atomic mass is 79.9. The fourth-order valence-corrected chi connectivity index (χ4v) is 3.79. The summed E-state index contributed by atoms with van der Waals surface area (Å²) in [4.78, 5) is 27.4. The zero-order valence-electron chi connectivity index (χ0n) is 15.1. The van der Waals surface area contributed by atoms with E-state index in [4.69, 9.17) is 10.2 Å². The van der Waals surface area contributed by atoms with E-state index in [1.807, 2.05) is 23.5 Å². The maximum absolute atomic E-state index is 12.3. The molecule has 1 aromatic carbocycles. The molecule has 2 amide bonds. The Morgan fingerprint density at radius 2 is 1.83 bits per heavy atom. The number of alkyl halides is 3. The van der Waals surface area contributed by atoms with Gasteiger partial charge in [-0.25, -0.2) is 4.98 Å². The number of aromatic nitrogens is 1. The smallest absolute Gasteiger partial charge is 0.351 e. The summed E-state index contributed by atoms with van der Waals surface area (Å²) in [5.74, 6) is -6.50. The molecule has 160 valence electrons. The first-order valence-electron chi connectivity index (χ1n) is 8.66. The number of benzene rings is 1. The highest BCUT2D eigenvalue weighted by Crippen LogP contribution is 2.29. The lowest BCUT2D eigenvalue weighted by molar-refractivity contribution is -0.328. The van der Waals surface area contributed by atoms with Gasteiger partial charge in [-0.3, -0.25) is 9.59 Å². The quantitative estimate of drug-likeness (QED) is 0.313. The third kappa shape index (κ3) is 6.63. The summed E-state index contributed by atoms with van der Waals surface area (Å²) in [6.07, 6.45) is -3.13. The van der Waals surface area contributed by atoms with Crippen molar-refractivity contribution in [2.24, 2.45) is 0 Å². The Bertz CT molecular complexity index is 873. The Hall–Kier alpha value is -1.76. The Balaban J connectivity index is 1.61. The number of thiazole rings is 1. The number of carbonyl (C=O) groups is 2. The third-order valence-electron chi connectivity index (χ3n) is 3.92. The van der Waals surface area contributed by atoms with Crippen molar-refractivity contribution in [2.45, 2.75) is 44.1 Å². The fraction of sp³-hybridized carbons (Fsp3) is 0.471. The molecular weight excluding hydrogens is 479 g/mol. The number of hydrogen-bond donors (Lipinski definition) is 4. The lowest BCUT2D eigenvalue weighted by atomic mass is 10.1. The molecule has 0 bridgehead atoms. The number of aliphatic hydroxyl groups is 2. The van der Waals surface area contributed by atoms with Crippen LogP contribution >= 0.6 is 27.3 Å². The van der Waals surface area contributed by atoms with Gasteiger partial charge in [-0.2, -0.15) is 13.2 Å². The monoisotopic (exact) mass is 497 g/mol. The van der Waals surface area contributed by atoms with Gasteiger partial charge in [-0.15, -0.1) is 0 Å². The molecule has 0 atom stereocenters. The van der Waals surface area contributed by atoms with Crippen LogP contribution in [0.5, 0.6) is 0 Å². The summed E-state index contributed by atoms with van der Waals surface area (Å²) in [5, 5.41) is 22.6. The van der Waals surface area contributed by atoms with Gasteiger partial charge in [0.1, 0.15) is 0 Å². The zero-order valence-corrected chi connectivity index (χ0v) is 17.5. The molecular formula is C17H19BrF3N3O4S. The van der Waals surface area contributed by atoms with Gasteiger partial charge in [0.15, 0.2) is 5.13 Å². The molecule has 0 radical (unpaired) electrons. The summed E-state index contributed by atoms with van der Waals surface area (Å²) in [6, 6.07) is 5.62. The molecule has 12 heteroatoms. The topological polar surface area (TPSA) is 112 Å². The number of rotatable bonds is 9. The van der Waals surface area contributed by atoms with E-state index in [0.717, 1.165) is 14.7 Å². The number of fused-ring (bicyclic) bond motifs is 1. The van der Waals surface area contributed by atoms with Crippen LogP contribution in [0.1, 0.15) is 32.1 Å². The first-order chi connectivity index (χ1) is 13.5. The van der Waals surface area contributed by atoms with E-state index < -0.39 is 17.9 Å². The zero-order chi connectivity index (χ0) is 21.7. The summed E-state index contributed by atoms with van der Waals surface area (Å²) < 4.78 is 38.7. The lowest BCUT2D eigenvalue weighted by Crippen LogP contribution is -2.57. The van der Waals surface area contributed by atoms with Crippen LogP contribution in [0.25, 0.3) is 10.2 Å². The second-order valence-electron chi connectivity index (χ2n) is 6.27. The van der Waals surface area contributed by atoms with Crippen LogP contribution in [0.4, 0.5) is 18.3 Å². The summed E-state index contributed by atoms with van der Waals surface area (Å²) >= 11 is 4.73. The molecule has 1 aromatic heterocycles. The van der Waals surface area contributed by atoms with E-state index in [1.165, 1.54) is 11.3 Å². The van der Waals surface area contributed by atoms with E-state index in [9.17, 15) is 22.8 Å². The average molecular weight is 498 g/mol. The molecule has 0 aliphatic carbocycles. The van der Waals surface area contributed by atoms with Gasteiger partial charge in [0.25, 0.3) is 5.91 Å². The predicted octanol–water partition coefficient (Wildman–Crippen LogP) is 3.31. The minimum Gasteiger partial charge on any atom is -0.351 e. The van der Waals surface area contributed by atoms with Gasteiger partial charge in [0, 0.05) is 17.4 Å². The second kappa shape index (κ2) is 9.83. The van der Waals surface area contributed by atoms with Gasteiger partial charge >= 0.3 is 12.0 Å². The van der Waals surface area contributed by atoms with Crippen LogP contribution in [0.2, 0.25) is 0 Å². The second-order valence-corrected chi connectivity index (χ2v) is 8.22. The number of anilines is 1. The Kier molecular flexibility index (Phi) is 7.97. The Morgan fingerprint density at radius 1 is 1.14 bits per heavy atom. The molecule has 0 aliphatic heterocycles. The van der Waals surface area contributed by atoms with Crippen LogP contribution < -0.4 is 10.6 Å². The number of carbonyl (C=O) groups excluding carboxylic acids is 2. The van der Waals surface area contributed by atoms with Crippen LogP contribution in [-0.2, 0) is 9.59 Å². The number of halogens is 4. The number of amides is 2. The first-order valence-corrected chi connectivity index (χ1v) is 10.3. The van der Waals surface area contributed by atoms with Crippen LogP contribution in [0.3, 0.4) is 0 Å². The molecule has 0 saturated heterocycles. The minimum atomic E-state index is -5.47. The van der Waals surface area contributed by atoms with E-state index in [1.54, 1.807) is 0 Å². The molecule has 0 unspecified atom stereocenters. The van der Waals surface area contributed by atoms with Gasteiger partial charge in [0.05, 0.1) is 10.2 Å². The lowest BCUT2D eigenvalue weighted by Gasteiger charge is -2.22. The maximum atomic E-state index is 12.3. The van der Waals surface area contributed by atoms with Gasteiger partial charge in [-0.1, -0.05) is 40.1 Å². The van der Waals surface area contributed by atoms with Gasteiger partial charge in [0.2, 0.25) is 5.91 Å². The first kappa shape index (κ1) is 23.5. The molecule has 2 aromatic rings. The number of nitrogens with zero attached hydrogens (tertiary/aromatic N) is 1. The highest BCUT2D eigenvalue weighted by Gasteiger charge is 2.58. The maximum Gasteiger partial charge on any atom is 0.453 e. The molecule has 2 rings (SSSR count). The van der Waals surface area contributed by atoms with E-state index in [2.05, 4.69) is 26.2 Å². The van der Waals surface area contributed by atoms with Crippen molar-refractivity contribution in [3.8, 4) is 0 Å². The third-order valence-corrected chi connectivity index (χ3v) is 5.35. The van der Waals surface area contributed by atoms with Crippen molar-refractivity contribution in [3.63, 3.8) is 0 Å². The van der Waals surface area contributed by atoms with Crippen molar-refractivity contribution >= 4 is 54.4 Å². The van der Waals surface area contributed by atoms with Crippen LogP contribution in [0.15, 0.2) is 22.7 Å². The van der Waals surface area contributed by atoms with Gasteiger partial charge in [-0.05, 0) is 31.0 Å². The van der Waals surface area contributed by atoms with Crippen molar-refractivity contribution < 1.29 is 33.0 Å². The average Bonchev–Trinajstić information content (AvgIpc) is 3.00.